The van der Waals surface area contributed by atoms with Crippen molar-refractivity contribution in [2.24, 2.45) is 5.92 Å². The third-order valence-electron chi connectivity index (χ3n) is 4.32. The number of hydrogen-bond donors (Lipinski definition) is 1. The first kappa shape index (κ1) is 19.3. The SMILES string of the molecule is CC1CCN(CC(O)COc2ccccc2C(C)C)CC1.Cl. The summed E-state index contributed by atoms with van der Waals surface area (Å²) in [6.07, 6.45) is 2.06. The van der Waals surface area contributed by atoms with Gasteiger partial charge in [0, 0.05) is 6.54 Å². The molecular formula is C18H30ClNO2. The summed E-state index contributed by atoms with van der Waals surface area (Å²) >= 11 is 0. The molecule has 126 valence electrons. The molecule has 1 fully saturated rings. The van der Waals surface area contributed by atoms with Gasteiger partial charge in [-0.3, -0.25) is 0 Å². The molecule has 1 atom stereocenters. The summed E-state index contributed by atoms with van der Waals surface area (Å²) in [5.41, 5.74) is 1.21. The van der Waals surface area contributed by atoms with Crippen LogP contribution in [0, 0.1) is 5.92 Å². The zero-order valence-corrected chi connectivity index (χ0v) is 14.8. The average Bonchev–Trinajstić information content (AvgIpc) is 2.48. The van der Waals surface area contributed by atoms with Crippen molar-refractivity contribution in [3.63, 3.8) is 0 Å². The minimum absolute atomic E-state index is 0. The van der Waals surface area contributed by atoms with Crippen molar-refractivity contribution < 1.29 is 9.84 Å². The first-order chi connectivity index (χ1) is 10.1. The van der Waals surface area contributed by atoms with Crippen molar-refractivity contribution in [3.05, 3.63) is 29.8 Å². The van der Waals surface area contributed by atoms with Crippen molar-refractivity contribution in [1.29, 1.82) is 0 Å². The molecule has 3 nitrogen and oxygen atoms in total. The van der Waals surface area contributed by atoms with Gasteiger partial charge in [0.2, 0.25) is 0 Å². The first-order valence-corrected chi connectivity index (χ1v) is 8.18. The lowest BCUT2D eigenvalue weighted by molar-refractivity contribution is 0.0559. The molecule has 1 unspecified atom stereocenters. The zero-order valence-electron chi connectivity index (χ0n) is 14.0. The molecule has 0 saturated carbocycles. The maximum Gasteiger partial charge on any atom is 0.122 e. The number of aliphatic hydroxyl groups excluding tert-OH is 1. The smallest absolute Gasteiger partial charge is 0.122 e. The molecule has 2 rings (SSSR count). The van der Waals surface area contributed by atoms with Gasteiger partial charge in [-0.25, -0.2) is 0 Å². The molecule has 0 amide bonds. The molecule has 1 saturated heterocycles. The van der Waals surface area contributed by atoms with Crippen LogP contribution in [0.5, 0.6) is 5.75 Å². The van der Waals surface area contributed by atoms with Gasteiger partial charge in [-0.15, -0.1) is 12.4 Å². The third kappa shape index (κ3) is 5.79. The quantitative estimate of drug-likeness (QED) is 0.864. The number of piperidine rings is 1. The van der Waals surface area contributed by atoms with Crippen LogP contribution in [0.2, 0.25) is 0 Å². The van der Waals surface area contributed by atoms with Crippen LogP contribution in [0.1, 0.15) is 45.1 Å². The van der Waals surface area contributed by atoms with Gasteiger partial charge in [0.25, 0.3) is 0 Å². The van der Waals surface area contributed by atoms with E-state index in [0.717, 1.165) is 31.3 Å². The Morgan fingerprint density at radius 3 is 2.50 bits per heavy atom. The van der Waals surface area contributed by atoms with Crippen molar-refractivity contribution in [2.75, 3.05) is 26.2 Å². The lowest BCUT2D eigenvalue weighted by atomic mass is 9.99. The Labute approximate surface area is 141 Å². The average molecular weight is 328 g/mol. The summed E-state index contributed by atoms with van der Waals surface area (Å²) in [5.74, 6) is 2.16. The van der Waals surface area contributed by atoms with Crippen LogP contribution in [-0.4, -0.2) is 42.4 Å². The van der Waals surface area contributed by atoms with Crippen LogP contribution in [0.3, 0.4) is 0 Å². The molecule has 1 aliphatic heterocycles. The topological polar surface area (TPSA) is 32.7 Å². The number of hydrogen-bond acceptors (Lipinski definition) is 3. The minimum atomic E-state index is -0.418. The van der Waals surface area contributed by atoms with Crippen LogP contribution >= 0.6 is 12.4 Å². The van der Waals surface area contributed by atoms with Crippen LogP contribution in [0.15, 0.2) is 24.3 Å². The van der Waals surface area contributed by atoms with Gasteiger partial charge in [0.15, 0.2) is 0 Å². The van der Waals surface area contributed by atoms with Crippen LogP contribution < -0.4 is 4.74 Å². The second kappa shape index (κ2) is 9.39. The molecule has 1 N–H and O–H groups in total. The molecule has 4 heteroatoms. The van der Waals surface area contributed by atoms with Gasteiger partial charge in [0.1, 0.15) is 18.5 Å². The van der Waals surface area contributed by atoms with E-state index < -0.39 is 6.10 Å². The highest BCUT2D eigenvalue weighted by Crippen LogP contribution is 2.26. The normalized spacial score (nSPS) is 18.0. The highest BCUT2D eigenvalue weighted by atomic mass is 35.5. The second-order valence-corrected chi connectivity index (χ2v) is 6.64. The zero-order chi connectivity index (χ0) is 15.2. The van der Waals surface area contributed by atoms with Gasteiger partial charge >= 0.3 is 0 Å². The Morgan fingerprint density at radius 2 is 1.86 bits per heavy atom. The summed E-state index contributed by atoms with van der Waals surface area (Å²) < 4.78 is 5.85. The Morgan fingerprint density at radius 1 is 1.23 bits per heavy atom. The minimum Gasteiger partial charge on any atom is -0.491 e. The number of β-amino-alcohol motifs (C(OH)–C–C–N with tert-alkyl or cyclic N) is 1. The Hall–Kier alpha value is -0.770. The Bertz CT molecular complexity index is 431. The predicted molar refractivity (Wildman–Crippen MR) is 94.1 cm³/mol. The highest BCUT2D eigenvalue weighted by Gasteiger charge is 2.19. The predicted octanol–water partition coefficient (Wildman–Crippen LogP) is 3.70. The number of aliphatic hydroxyl groups is 1. The Balaban J connectivity index is 0.00000242. The van der Waals surface area contributed by atoms with Gasteiger partial charge in [-0.05, 0) is 49.4 Å². The number of halogens is 1. The summed E-state index contributed by atoms with van der Waals surface area (Å²) in [6.45, 7) is 9.91. The van der Waals surface area contributed by atoms with Crippen molar-refractivity contribution in [1.82, 2.24) is 4.90 Å². The van der Waals surface area contributed by atoms with E-state index in [0.29, 0.717) is 12.5 Å². The monoisotopic (exact) mass is 327 g/mol. The van der Waals surface area contributed by atoms with Crippen LogP contribution in [0.25, 0.3) is 0 Å². The van der Waals surface area contributed by atoms with Gasteiger partial charge in [0.05, 0.1) is 0 Å². The fourth-order valence-corrected chi connectivity index (χ4v) is 2.87. The number of likely N-dealkylation sites (tertiary alicyclic amines) is 1. The van der Waals surface area contributed by atoms with E-state index in [1.165, 1.54) is 18.4 Å². The lowest BCUT2D eigenvalue weighted by Crippen LogP contribution is -2.40. The number of rotatable bonds is 6. The third-order valence-corrected chi connectivity index (χ3v) is 4.32. The summed E-state index contributed by atoms with van der Waals surface area (Å²) in [7, 11) is 0. The largest absolute Gasteiger partial charge is 0.491 e. The standard InChI is InChI=1S/C18H29NO2.ClH/c1-14(2)17-6-4-5-7-18(17)21-13-16(20)12-19-10-8-15(3)9-11-19;/h4-7,14-16,20H,8-13H2,1-3H3;1H. The van der Waals surface area contributed by atoms with Crippen molar-refractivity contribution in [3.8, 4) is 5.75 Å². The lowest BCUT2D eigenvalue weighted by Gasteiger charge is -2.31. The molecule has 1 aliphatic rings. The molecule has 1 aromatic rings. The van der Waals surface area contributed by atoms with Crippen molar-refractivity contribution >= 4 is 12.4 Å². The van der Waals surface area contributed by atoms with Crippen molar-refractivity contribution in [2.45, 2.75) is 45.6 Å². The fraction of sp³-hybridized carbons (Fsp3) is 0.667. The molecule has 0 bridgehead atoms. The second-order valence-electron chi connectivity index (χ2n) is 6.64. The molecule has 1 heterocycles. The molecule has 0 radical (unpaired) electrons. The van der Waals surface area contributed by atoms with E-state index in [9.17, 15) is 5.11 Å². The maximum absolute atomic E-state index is 10.2. The molecule has 0 aromatic heterocycles. The summed E-state index contributed by atoms with van der Waals surface area (Å²) in [4.78, 5) is 2.35. The van der Waals surface area contributed by atoms with Crippen LogP contribution in [-0.2, 0) is 0 Å². The highest BCUT2D eigenvalue weighted by molar-refractivity contribution is 5.85. The van der Waals surface area contributed by atoms with Crippen LogP contribution in [0.4, 0.5) is 0 Å². The van der Waals surface area contributed by atoms with E-state index in [4.69, 9.17) is 4.74 Å². The molecule has 22 heavy (non-hydrogen) atoms. The van der Waals surface area contributed by atoms with E-state index >= 15 is 0 Å². The molecular weight excluding hydrogens is 298 g/mol. The fourth-order valence-electron chi connectivity index (χ4n) is 2.87. The van der Waals surface area contributed by atoms with E-state index in [-0.39, 0.29) is 12.4 Å². The Kier molecular flexibility index (Phi) is 8.23. The number of nitrogens with zero attached hydrogens (tertiary/aromatic N) is 1. The molecule has 0 spiro atoms. The summed E-state index contributed by atoms with van der Waals surface area (Å²) in [6, 6.07) is 8.11. The number of ether oxygens (including phenoxy) is 1. The van der Waals surface area contributed by atoms with E-state index in [2.05, 4.69) is 31.7 Å². The molecule has 0 aliphatic carbocycles. The summed E-state index contributed by atoms with van der Waals surface area (Å²) in [5, 5.41) is 10.2. The molecule has 1 aromatic carbocycles. The van der Waals surface area contributed by atoms with E-state index in [1.54, 1.807) is 0 Å². The number of benzene rings is 1. The van der Waals surface area contributed by atoms with Gasteiger partial charge in [-0.2, -0.15) is 0 Å². The number of para-hydroxylation sites is 1. The van der Waals surface area contributed by atoms with Gasteiger partial charge in [-0.1, -0.05) is 39.0 Å². The first-order valence-electron chi connectivity index (χ1n) is 8.18. The van der Waals surface area contributed by atoms with Gasteiger partial charge < -0.3 is 14.7 Å². The maximum atomic E-state index is 10.2. The van der Waals surface area contributed by atoms with E-state index in [1.807, 2.05) is 18.2 Å².